The number of nitrogens with zero attached hydrogens (tertiary/aromatic N) is 2. The van der Waals surface area contributed by atoms with Gasteiger partial charge in [-0.2, -0.15) is 0 Å². The van der Waals surface area contributed by atoms with Gasteiger partial charge < -0.3 is 0 Å². The number of aromatic nitrogens is 1. The van der Waals surface area contributed by atoms with Crippen molar-refractivity contribution >= 4 is 51.8 Å². The first kappa shape index (κ1) is 22.4. The van der Waals surface area contributed by atoms with E-state index >= 15 is 0 Å². The molecule has 3 aromatic carbocycles. The van der Waals surface area contributed by atoms with Gasteiger partial charge in [-0.15, -0.1) is 17.0 Å². The maximum atomic E-state index is 14.0. The number of amides is 1. The third-order valence-corrected chi connectivity index (χ3v) is 11.7. The first-order valence-electron chi connectivity index (χ1n) is 10.7. The molecule has 1 saturated heterocycles. The number of hydrogen-bond acceptors (Lipinski definition) is 2. The number of halogens is 1. The zero-order valence-electron chi connectivity index (χ0n) is 17.7. The van der Waals surface area contributed by atoms with E-state index in [0.29, 0.717) is 0 Å². The molecule has 0 aliphatic carbocycles. The van der Waals surface area contributed by atoms with E-state index in [9.17, 15) is 4.79 Å². The molecule has 5 heteroatoms. The number of rotatable bonds is 5. The number of carbonyl (C=O) groups is 1. The molecule has 162 valence electrons. The summed E-state index contributed by atoms with van der Waals surface area (Å²) in [6.07, 6.45) is 4.37. The summed E-state index contributed by atoms with van der Waals surface area (Å²) in [4.78, 5) is 20.2. The fourth-order valence-electron chi connectivity index (χ4n) is 5.06. The normalized spacial score (nSPS) is 16.4. The Kier molecular flexibility index (Phi) is 6.83. The fourth-order valence-corrected chi connectivity index (χ4v) is 10.5. The molecule has 1 aliphatic rings. The summed E-state index contributed by atoms with van der Waals surface area (Å²) in [5.41, 5.74) is 0.798. The Morgan fingerprint density at radius 2 is 1.22 bits per heavy atom. The maximum absolute atomic E-state index is 14.0. The molecule has 5 rings (SSSR count). The van der Waals surface area contributed by atoms with Gasteiger partial charge in [-0.25, -0.2) is 0 Å². The Bertz CT molecular complexity index is 1060. The molecule has 0 saturated carbocycles. The van der Waals surface area contributed by atoms with Crippen molar-refractivity contribution in [2.24, 2.45) is 0 Å². The van der Waals surface area contributed by atoms with E-state index in [1.165, 1.54) is 15.9 Å². The average Bonchev–Trinajstić information content (AvgIpc) is 3.24. The molecule has 1 aromatic heterocycles. The molecule has 3 nitrogen and oxygen atoms in total. The second-order valence-corrected chi connectivity index (χ2v) is 12.0. The van der Waals surface area contributed by atoms with Gasteiger partial charge in [-0.1, -0.05) is 0 Å². The van der Waals surface area contributed by atoms with Crippen molar-refractivity contribution in [2.45, 2.75) is 12.1 Å². The van der Waals surface area contributed by atoms with Crippen LogP contribution in [0.3, 0.4) is 0 Å². The summed E-state index contributed by atoms with van der Waals surface area (Å²) < 4.78 is 0. The Hall–Kier alpha value is -2.81. The third-order valence-electron chi connectivity index (χ3n) is 6.37. The summed E-state index contributed by atoms with van der Waals surface area (Å²) in [5.74, 6) is 0.205. The van der Waals surface area contributed by atoms with Crippen LogP contribution in [0.15, 0.2) is 116 Å². The van der Waals surface area contributed by atoms with Gasteiger partial charge in [-0.05, 0) is 0 Å². The molecule has 2 heterocycles. The zero-order chi connectivity index (χ0) is 21.1. The predicted octanol–water partition coefficient (Wildman–Crippen LogP) is 4.49. The van der Waals surface area contributed by atoms with Crippen molar-refractivity contribution in [3.8, 4) is 0 Å². The van der Waals surface area contributed by atoms with E-state index in [4.69, 9.17) is 0 Å². The second kappa shape index (κ2) is 9.77. The molecule has 1 atom stereocenters. The molecule has 0 bridgehead atoms. The molecular formula is C27H26BrN2OP. The van der Waals surface area contributed by atoms with Gasteiger partial charge in [0.25, 0.3) is 0 Å². The summed E-state index contributed by atoms with van der Waals surface area (Å²) >= 11 is 0. The van der Waals surface area contributed by atoms with Gasteiger partial charge in [0.1, 0.15) is 0 Å². The minimum atomic E-state index is -2.64. The summed E-state index contributed by atoms with van der Waals surface area (Å²) in [6, 6.07) is 35.9. The van der Waals surface area contributed by atoms with Crippen LogP contribution < -0.4 is 20.8 Å². The van der Waals surface area contributed by atoms with Crippen molar-refractivity contribution in [3.63, 3.8) is 0 Å². The van der Waals surface area contributed by atoms with E-state index in [2.05, 4.69) is 96.0 Å². The van der Waals surface area contributed by atoms with Crippen LogP contribution in [0.4, 0.5) is 5.69 Å². The van der Waals surface area contributed by atoms with Crippen LogP contribution in [0, 0.1) is 0 Å². The average molecular weight is 505 g/mol. The monoisotopic (exact) mass is 504 g/mol. The standard InChI is InChI=1S/C27H25N2OP.BrH/c30-27-26(18-20-29(27)22-11-10-19-28-21-22)31(23-12-4-1-5-13-23,24-14-6-2-7-15-24)25-16-8-3-9-17-25;/h1-17,19,21,26,31H,18,20H2;1H. The van der Waals surface area contributed by atoms with Crippen LogP contribution in [-0.2, 0) is 4.79 Å². The van der Waals surface area contributed by atoms with E-state index in [-0.39, 0.29) is 28.5 Å². The van der Waals surface area contributed by atoms with Crippen molar-refractivity contribution in [2.75, 3.05) is 11.4 Å². The first-order valence-corrected chi connectivity index (χ1v) is 12.8. The van der Waals surface area contributed by atoms with Gasteiger partial charge in [0, 0.05) is 0 Å². The Morgan fingerprint density at radius 1 is 0.719 bits per heavy atom. The van der Waals surface area contributed by atoms with Gasteiger partial charge in [-0.3, -0.25) is 0 Å². The topological polar surface area (TPSA) is 33.2 Å². The summed E-state index contributed by atoms with van der Waals surface area (Å²) in [6.45, 7) is 0.719. The summed E-state index contributed by atoms with van der Waals surface area (Å²) in [5, 5.41) is 3.83. The van der Waals surface area contributed by atoms with Gasteiger partial charge >= 0.3 is 184 Å². The molecule has 0 radical (unpaired) electrons. The van der Waals surface area contributed by atoms with Crippen molar-refractivity contribution in [3.05, 3.63) is 116 Å². The van der Waals surface area contributed by atoms with Gasteiger partial charge in [0.05, 0.1) is 0 Å². The van der Waals surface area contributed by atoms with Crippen LogP contribution in [0.1, 0.15) is 6.42 Å². The molecule has 1 unspecified atom stereocenters. The first-order chi connectivity index (χ1) is 15.3. The van der Waals surface area contributed by atoms with E-state index in [1.54, 1.807) is 12.4 Å². The molecule has 1 aliphatic heterocycles. The Balaban J connectivity index is 0.00000245. The molecule has 1 amide bonds. The number of carbonyl (C=O) groups excluding carboxylic acids is 1. The number of benzene rings is 3. The minimum absolute atomic E-state index is 0. The number of pyridine rings is 1. The van der Waals surface area contributed by atoms with E-state index in [0.717, 1.165) is 18.7 Å². The van der Waals surface area contributed by atoms with Gasteiger partial charge in [0.15, 0.2) is 0 Å². The van der Waals surface area contributed by atoms with Crippen molar-refractivity contribution in [1.29, 1.82) is 0 Å². The van der Waals surface area contributed by atoms with Crippen LogP contribution >= 0.6 is 24.2 Å². The van der Waals surface area contributed by atoms with Crippen molar-refractivity contribution < 1.29 is 4.79 Å². The molecule has 4 aromatic rings. The number of anilines is 1. The van der Waals surface area contributed by atoms with Gasteiger partial charge in [0.2, 0.25) is 0 Å². The fraction of sp³-hybridized carbons (Fsp3) is 0.111. The van der Waals surface area contributed by atoms with Crippen LogP contribution in [0.5, 0.6) is 0 Å². The Labute approximate surface area is 200 Å². The number of hydrogen-bond donors (Lipinski definition) is 0. The zero-order valence-corrected chi connectivity index (χ0v) is 20.4. The molecule has 32 heavy (non-hydrogen) atoms. The summed E-state index contributed by atoms with van der Waals surface area (Å²) in [7, 11) is -2.64. The Morgan fingerprint density at radius 3 is 1.66 bits per heavy atom. The second-order valence-electron chi connectivity index (χ2n) is 7.95. The van der Waals surface area contributed by atoms with Crippen LogP contribution in [0.25, 0.3) is 0 Å². The SMILES string of the molecule is Br.O=C1C([PH](c2ccccc2)(c2ccccc2)c2ccccc2)CCN1c1cccnc1. The molecule has 0 N–H and O–H groups in total. The molecular weight excluding hydrogens is 479 g/mol. The molecule has 0 spiro atoms. The van der Waals surface area contributed by atoms with Crippen molar-refractivity contribution in [1.82, 2.24) is 4.98 Å². The van der Waals surface area contributed by atoms with E-state index in [1.807, 2.05) is 17.0 Å². The van der Waals surface area contributed by atoms with E-state index < -0.39 is 7.26 Å². The van der Waals surface area contributed by atoms with Crippen LogP contribution in [-0.4, -0.2) is 23.1 Å². The quantitative estimate of drug-likeness (QED) is 0.375. The van der Waals surface area contributed by atoms with Crippen LogP contribution in [0.2, 0.25) is 0 Å². The molecule has 1 fully saturated rings. The predicted molar refractivity (Wildman–Crippen MR) is 142 cm³/mol. The third kappa shape index (κ3) is 3.79.